The van der Waals surface area contributed by atoms with Gasteiger partial charge in [0.1, 0.15) is 0 Å². The number of hydrogen-bond donors (Lipinski definition) is 2. The van der Waals surface area contributed by atoms with E-state index in [1.54, 1.807) is 34.1 Å². The summed E-state index contributed by atoms with van der Waals surface area (Å²) in [7, 11) is 0. The summed E-state index contributed by atoms with van der Waals surface area (Å²) >= 11 is 11.9. The summed E-state index contributed by atoms with van der Waals surface area (Å²) in [5.74, 6) is -0.159. The molecule has 0 aliphatic carbocycles. The molecule has 2 aliphatic rings. The highest BCUT2D eigenvalue weighted by Crippen LogP contribution is 2.23. The Morgan fingerprint density at radius 3 is 2.73 bits per heavy atom. The number of aliphatic hydroxyl groups excluding tert-OH is 2. The Labute approximate surface area is 205 Å². The predicted octanol–water partition coefficient (Wildman–Crippen LogP) is 2.67. The number of piperidine rings is 1. The van der Waals surface area contributed by atoms with Crippen LogP contribution in [0.5, 0.6) is 0 Å². The molecular weight excluding hydrogens is 465 g/mol. The number of amides is 2. The van der Waals surface area contributed by atoms with Gasteiger partial charge in [-0.25, -0.2) is 0 Å². The minimum absolute atomic E-state index is 0.00262. The van der Waals surface area contributed by atoms with Crippen LogP contribution in [0.3, 0.4) is 0 Å². The lowest BCUT2D eigenvalue weighted by atomic mass is 10.0. The molecule has 2 unspecified atom stereocenters. The highest BCUT2D eigenvalue weighted by Gasteiger charge is 2.26. The number of likely N-dealkylation sites (tertiary alicyclic amines) is 1. The molecule has 2 heterocycles. The van der Waals surface area contributed by atoms with Gasteiger partial charge < -0.3 is 20.0 Å². The fourth-order valence-corrected chi connectivity index (χ4v) is 4.69. The normalized spacial score (nSPS) is 21.5. The van der Waals surface area contributed by atoms with Crippen LogP contribution >= 0.6 is 23.2 Å². The number of hydrogen-bond acceptors (Lipinski definition) is 5. The van der Waals surface area contributed by atoms with Crippen LogP contribution in [-0.2, 0) is 9.59 Å². The second-order valence-corrected chi connectivity index (χ2v) is 9.55. The van der Waals surface area contributed by atoms with Gasteiger partial charge >= 0.3 is 0 Å². The molecule has 2 amide bonds. The molecule has 0 saturated carbocycles. The van der Waals surface area contributed by atoms with E-state index in [0.29, 0.717) is 49.2 Å². The summed E-state index contributed by atoms with van der Waals surface area (Å²) in [5.41, 5.74) is 0.774. The number of carbonyl (C=O) groups excluding carboxylic acids is 2. The fraction of sp³-hybridized carbons (Fsp3) is 0.583. The van der Waals surface area contributed by atoms with Crippen molar-refractivity contribution in [2.45, 2.75) is 44.2 Å². The van der Waals surface area contributed by atoms with Crippen molar-refractivity contribution in [3.63, 3.8) is 0 Å². The van der Waals surface area contributed by atoms with E-state index in [1.165, 1.54) is 6.08 Å². The summed E-state index contributed by atoms with van der Waals surface area (Å²) in [6.45, 7) is 3.23. The van der Waals surface area contributed by atoms with Crippen molar-refractivity contribution in [1.82, 2.24) is 14.7 Å². The summed E-state index contributed by atoms with van der Waals surface area (Å²) in [4.78, 5) is 30.7. The maximum absolute atomic E-state index is 12.6. The maximum Gasteiger partial charge on any atom is 0.246 e. The lowest BCUT2D eigenvalue weighted by molar-refractivity contribution is -0.130. The number of benzene rings is 1. The zero-order valence-corrected chi connectivity index (χ0v) is 20.3. The van der Waals surface area contributed by atoms with E-state index >= 15 is 0 Å². The van der Waals surface area contributed by atoms with Gasteiger partial charge in [0.2, 0.25) is 11.8 Å². The Balaban J connectivity index is 1.47. The number of β-amino-alcohol motifs (C(OH)–C–C–N with tert-alkyl or cyclic N) is 1. The fourth-order valence-electron chi connectivity index (χ4n) is 4.39. The van der Waals surface area contributed by atoms with Crippen molar-refractivity contribution >= 4 is 41.1 Å². The van der Waals surface area contributed by atoms with Crippen LogP contribution in [-0.4, -0.2) is 94.7 Å². The minimum Gasteiger partial charge on any atom is -0.395 e. The number of rotatable bonds is 8. The average Bonchev–Trinajstić information content (AvgIpc) is 3.00. The Bertz CT molecular complexity index is 851. The van der Waals surface area contributed by atoms with Gasteiger partial charge in [-0.2, -0.15) is 0 Å². The van der Waals surface area contributed by atoms with Crippen LogP contribution in [0.25, 0.3) is 6.08 Å². The van der Waals surface area contributed by atoms with Crippen LogP contribution in [0.2, 0.25) is 10.0 Å². The standard InChI is InChI=1S/C24H33Cl2N3O4/c25-21-6-4-18(15-22(21)26)5-7-23(32)28-12-9-24(33)27(13-14-28)11-8-20(31)16-29-10-2-1-3-19(29)17-30/h4-7,15,19-20,30-31H,1-3,8-14,16-17H2/b7-5+. The molecule has 3 rings (SSSR count). The molecule has 33 heavy (non-hydrogen) atoms. The zero-order chi connectivity index (χ0) is 23.8. The van der Waals surface area contributed by atoms with Gasteiger partial charge in [0.15, 0.2) is 0 Å². The van der Waals surface area contributed by atoms with Gasteiger partial charge in [0.05, 0.1) is 22.8 Å². The lowest BCUT2D eigenvalue weighted by Crippen LogP contribution is -2.46. The Kier molecular flexibility index (Phi) is 10.0. The largest absolute Gasteiger partial charge is 0.395 e. The van der Waals surface area contributed by atoms with Gasteiger partial charge in [-0.1, -0.05) is 35.7 Å². The van der Waals surface area contributed by atoms with E-state index < -0.39 is 6.10 Å². The van der Waals surface area contributed by atoms with Crippen molar-refractivity contribution in [3.05, 3.63) is 39.9 Å². The van der Waals surface area contributed by atoms with Crippen molar-refractivity contribution in [1.29, 1.82) is 0 Å². The highest BCUT2D eigenvalue weighted by molar-refractivity contribution is 6.42. The van der Waals surface area contributed by atoms with Crippen LogP contribution < -0.4 is 0 Å². The second-order valence-electron chi connectivity index (χ2n) is 8.73. The van der Waals surface area contributed by atoms with Gasteiger partial charge in [-0.3, -0.25) is 14.5 Å². The molecular formula is C24H33Cl2N3O4. The zero-order valence-electron chi connectivity index (χ0n) is 18.8. The van der Waals surface area contributed by atoms with E-state index in [2.05, 4.69) is 4.90 Å². The number of aliphatic hydroxyl groups is 2. The van der Waals surface area contributed by atoms with Crippen LogP contribution in [0.4, 0.5) is 0 Å². The Morgan fingerprint density at radius 2 is 1.97 bits per heavy atom. The highest BCUT2D eigenvalue weighted by atomic mass is 35.5. The molecule has 0 aromatic heterocycles. The minimum atomic E-state index is -0.555. The number of nitrogens with zero attached hydrogens (tertiary/aromatic N) is 3. The van der Waals surface area contributed by atoms with Gasteiger partial charge in [0, 0.05) is 51.3 Å². The topological polar surface area (TPSA) is 84.3 Å². The molecule has 1 aromatic carbocycles. The maximum atomic E-state index is 12.6. The first kappa shape index (κ1) is 26.0. The van der Waals surface area contributed by atoms with Gasteiger partial charge in [-0.15, -0.1) is 0 Å². The Hall–Kier alpha value is -1.64. The first-order valence-corrected chi connectivity index (χ1v) is 12.4. The molecule has 2 saturated heterocycles. The van der Waals surface area contributed by atoms with E-state index in [1.807, 2.05) is 0 Å². The van der Waals surface area contributed by atoms with Gasteiger partial charge in [-0.05, 0) is 49.6 Å². The van der Waals surface area contributed by atoms with E-state index in [0.717, 1.165) is 31.4 Å². The number of carbonyl (C=O) groups is 2. The molecule has 182 valence electrons. The second kappa shape index (κ2) is 12.7. The monoisotopic (exact) mass is 497 g/mol. The summed E-state index contributed by atoms with van der Waals surface area (Å²) in [6, 6.07) is 5.27. The third-order valence-electron chi connectivity index (χ3n) is 6.40. The molecule has 0 spiro atoms. The van der Waals surface area contributed by atoms with Crippen LogP contribution in [0.1, 0.15) is 37.7 Å². The van der Waals surface area contributed by atoms with Crippen molar-refractivity contribution in [3.8, 4) is 0 Å². The van der Waals surface area contributed by atoms with Crippen molar-refractivity contribution in [2.75, 3.05) is 45.9 Å². The average molecular weight is 498 g/mol. The quantitative estimate of drug-likeness (QED) is 0.539. The molecule has 2 aliphatic heterocycles. The lowest BCUT2D eigenvalue weighted by Gasteiger charge is -2.36. The molecule has 9 heteroatoms. The molecule has 2 N–H and O–H groups in total. The van der Waals surface area contributed by atoms with Crippen LogP contribution in [0, 0.1) is 0 Å². The molecule has 0 bridgehead atoms. The molecule has 0 radical (unpaired) electrons. The van der Waals surface area contributed by atoms with Gasteiger partial charge in [0.25, 0.3) is 0 Å². The Morgan fingerprint density at radius 1 is 1.15 bits per heavy atom. The SMILES string of the molecule is O=C(/C=C/c1ccc(Cl)c(Cl)c1)N1CCC(=O)N(CCC(O)CN2CCCCC2CO)CC1. The summed E-state index contributed by atoms with van der Waals surface area (Å²) < 4.78 is 0. The first-order chi connectivity index (χ1) is 15.9. The van der Waals surface area contributed by atoms with Crippen molar-refractivity contribution in [2.24, 2.45) is 0 Å². The molecule has 2 fully saturated rings. The van der Waals surface area contributed by atoms with Crippen LogP contribution in [0.15, 0.2) is 24.3 Å². The van der Waals surface area contributed by atoms with Crippen molar-refractivity contribution < 1.29 is 19.8 Å². The van der Waals surface area contributed by atoms with E-state index in [4.69, 9.17) is 23.2 Å². The molecule has 1 aromatic rings. The molecule has 7 nitrogen and oxygen atoms in total. The molecule has 2 atom stereocenters. The first-order valence-electron chi connectivity index (χ1n) is 11.6. The van der Waals surface area contributed by atoms with E-state index in [9.17, 15) is 19.8 Å². The smallest absolute Gasteiger partial charge is 0.246 e. The summed E-state index contributed by atoms with van der Waals surface area (Å²) in [6.07, 6.45) is 6.50. The third kappa shape index (κ3) is 7.69. The van der Waals surface area contributed by atoms with E-state index in [-0.39, 0.29) is 30.9 Å². The number of halogens is 2. The predicted molar refractivity (Wildman–Crippen MR) is 130 cm³/mol. The third-order valence-corrected chi connectivity index (χ3v) is 7.14. The summed E-state index contributed by atoms with van der Waals surface area (Å²) in [5, 5.41) is 20.9.